The van der Waals surface area contributed by atoms with Gasteiger partial charge in [-0.1, -0.05) is 6.08 Å². The summed E-state index contributed by atoms with van der Waals surface area (Å²) in [6.45, 7) is 9.49. The second kappa shape index (κ2) is 5.65. The molecule has 0 unspecified atom stereocenters. The molecule has 1 aliphatic rings. The van der Waals surface area contributed by atoms with Crippen molar-refractivity contribution in [2.45, 2.75) is 32.2 Å². The van der Waals surface area contributed by atoms with Gasteiger partial charge in [-0.3, -0.25) is 0 Å². The molecule has 0 N–H and O–H groups in total. The van der Waals surface area contributed by atoms with Crippen LogP contribution in [0, 0.1) is 0 Å². The van der Waals surface area contributed by atoms with Crippen molar-refractivity contribution in [3.05, 3.63) is 12.7 Å². The van der Waals surface area contributed by atoms with E-state index in [0.29, 0.717) is 25.4 Å². The molecule has 1 fully saturated rings. The molecule has 4 heteroatoms. The summed E-state index contributed by atoms with van der Waals surface area (Å²) in [6, 6.07) is 0. The summed E-state index contributed by atoms with van der Waals surface area (Å²) in [5.41, 5.74) is 0.530. The lowest BCUT2D eigenvalue weighted by Gasteiger charge is -2.28. The molecule has 3 nitrogen and oxygen atoms in total. The summed E-state index contributed by atoms with van der Waals surface area (Å²) in [5.74, 6) is 0. The molecule has 0 heterocycles. The molecule has 0 aromatic heterocycles. The van der Waals surface area contributed by atoms with Gasteiger partial charge in [0.15, 0.2) is 0 Å². The molecule has 0 aliphatic heterocycles. The van der Waals surface area contributed by atoms with E-state index in [1.54, 1.807) is 6.08 Å². The molecular formula is C10H20O3Si. The van der Waals surface area contributed by atoms with Crippen molar-refractivity contribution in [2.24, 2.45) is 0 Å². The highest BCUT2D eigenvalue weighted by Crippen LogP contribution is 2.46. The van der Waals surface area contributed by atoms with Gasteiger partial charge in [0.05, 0.1) is 6.61 Å². The first-order valence-electron chi connectivity index (χ1n) is 5.31. The fourth-order valence-electron chi connectivity index (χ4n) is 1.49. The van der Waals surface area contributed by atoms with Crippen LogP contribution >= 0.6 is 0 Å². The minimum Gasteiger partial charge on any atom is -0.374 e. The standard InChI is InChI=1S/C10H20O3Si/c1-4-9-13-14(11-5-2,12-6-3)10-7-8-10/h4,10H,1,5-9H2,2-3H3. The van der Waals surface area contributed by atoms with Gasteiger partial charge in [-0.2, -0.15) is 0 Å². The van der Waals surface area contributed by atoms with Crippen molar-refractivity contribution < 1.29 is 13.3 Å². The molecule has 0 aromatic rings. The van der Waals surface area contributed by atoms with Crippen LogP contribution in [0.4, 0.5) is 0 Å². The van der Waals surface area contributed by atoms with Gasteiger partial charge in [-0.25, -0.2) is 0 Å². The van der Waals surface area contributed by atoms with E-state index in [4.69, 9.17) is 13.3 Å². The van der Waals surface area contributed by atoms with E-state index in [2.05, 4.69) is 6.58 Å². The third-order valence-electron chi connectivity index (χ3n) is 2.17. The minimum absolute atomic E-state index is 0.530. The van der Waals surface area contributed by atoms with Gasteiger partial charge < -0.3 is 13.3 Å². The van der Waals surface area contributed by atoms with Crippen LogP contribution in [-0.4, -0.2) is 28.6 Å². The van der Waals surface area contributed by atoms with Gasteiger partial charge >= 0.3 is 8.80 Å². The van der Waals surface area contributed by atoms with Crippen LogP contribution in [0.15, 0.2) is 12.7 Å². The number of hydrogen-bond donors (Lipinski definition) is 0. The molecule has 0 aromatic carbocycles. The Morgan fingerprint density at radius 1 is 1.21 bits per heavy atom. The number of rotatable bonds is 8. The van der Waals surface area contributed by atoms with Crippen molar-refractivity contribution >= 4 is 8.80 Å². The molecule has 1 aliphatic carbocycles. The summed E-state index contributed by atoms with van der Waals surface area (Å²) in [5, 5.41) is 0. The summed E-state index contributed by atoms with van der Waals surface area (Å²) in [4.78, 5) is 0. The first-order chi connectivity index (χ1) is 6.79. The van der Waals surface area contributed by atoms with Crippen molar-refractivity contribution in [1.29, 1.82) is 0 Å². The van der Waals surface area contributed by atoms with Gasteiger partial charge in [0, 0.05) is 18.8 Å². The third-order valence-corrected chi connectivity index (χ3v) is 5.70. The van der Waals surface area contributed by atoms with Crippen molar-refractivity contribution in [2.75, 3.05) is 19.8 Å². The molecule has 82 valence electrons. The van der Waals surface area contributed by atoms with E-state index in [9.17, 15) is 0 Å². The maximum absolute atomic E-state index is 5.76. The molecular weight excluding hydrogens is 196 g/mol. The Labute approximate surface area is 87.4 Å². The SMILES string of the molecule is C=CCO[Si](OCC)(OCC)C1CC1. The molecule has 0 saturated heterocycles. The molecule has 14 heavy (non-hydrogen) atoms. The third kappa shape index (κ3) is 2.92. The predicted molar refractivity (Wildman–Crippen MR) is 58.1 cm³/mol. The van der Waals surface area contributed by atoms with Gasteiger partial charge in [0.2, 0.25) is 0 Å². The average Bonchev–Trinajstić information content (AvgIpc) is 2.98. The van der Waals surface area contributed by atoms with Crippen LogP contribution in [0.1, 0.15) is 26.7 Å². The van der Waals surface area contributed by atoms with E-state index >= 15 is 0 Å². The Kier molecular flexibility index (Phi) is 4.81. The average molecular weight is 216 g/mol. The Hall–Kier alpha value is -0.163. The smallest absolute Gasteiger partial charge is 0.374 e. The van der Waals surface area contributed by atoms with E-state index in [-0.39, 0.29) is 0 Å². The highest BCUT2D eigenvalue weighted by Gasteiger charge is 2.54. The predicted octanol–water partition coefficient (Wildman–Crippen LogP) is 2.36. The summed E-state index contributed by atoms with van der Waals surface area (Å²) < 4.78 is 17.2. The zero-order chi connectivity index (χ0) is 10.4. The van der Waals surface area contributed by atoms with Crippen LogP contribution in [-0.2, 0) is 13.3 Å². The van der Waals surface area contributed by atoms with E-state index in [1.807, 2.05) is 13.8 Å². The molecule has 0 amide bonds. The molecule has 1 saturated carbocycles. The first kappa shape index (κ1) is 11.9. The van der Waals surface area contributed by atoms with Crippen molar-refractivity contribution in [1.82, 2.24) is 0 Å². The Bertz CT molecular complexity index is 174. The number of hydrogen-bond acceptors (Lipinski definition) is 3. The monoisotopic (exact) mass is 216 g/mol. The summed E-state index contributed by atoms with van der Waals surface area (Å²) >= 11 is 0. The molecule has 0 spiro atoms. The lowest BCUT2D eigenvalue weighted by atomic mass is 10.7. The highest BCUT2D eigenvalue weighted by atomic mass is 28.4. The van der Waals surface area contributed by atoms with Crippen molar-refractivity contribution in [3.63, 3.8) is 0 Å². The molecule has 0 radical (unpaired) electrons. The van der Waals surface area contributed by atoms with Crippen LogP contribution in [0.25, 0.3) is 0 Å². The van der Waals surface area contributed by atoms with Gasteiger partial charge in [-0.05, 0) is 26.7 Å². The second-order valence-corrected chi connectivity index (χ2v) is 6.23. The van der Waals surface area contributed by atoms with Crippen LogP contribution in [0.2, 0.25) is 5.54 Å². The Morgan fingerprint density at radius 3 is 2.14 bits per heavy atom. The van der Waals surface area contributed by atoms with E-state index < -0.39 is 8.80 Å². The second-order valence-electron chi connectivity index (χ2n) is 3.34. The summed E-state index contributed by atoms with van der Waals surface area (Å²) in [7, 11) is -2.35. The van der Waals surface area contributed by atoms with Gasteiger partial charge in [-0.15, -0.1) is 6.58 Å². The quantitative estimate of drug-likeness (QED) is 0.460. The molecule has 1 rings (SSSR count). The van der Waals surface area contributed by atoms with Gasteiger partial charge in [0.25, 0.3) is 0 Å². The topological polar surface area (TPSA) is 27.7 Å². The summed E-state index contributed by atoms with van der Waals surface area (Å²) in [6.07, 6.45) is 4.12. The Morgan fingerprint density at radius 2 is 1.79 bits per heavy atom. The largest absolute Gasteiger partial charge is 0.504 e. The van der Waals surface area contributed by atoms with E-state index in [0.717, 1.165) is 0 Å². The molecule has 0 bridgehead atoms. The van der Waals surface area contributed by atoms with Crippen molar-refractivity contribution in [3.8, 4) is 0 Å². The lowest BCUT2D eigenvalue weighted by Crippen LogP contribution is -2.46. The zero-order valence-corrected chi connectivity index (χ0v) is 10.1. The lowest BCUT2D eigenvalue weighted by molar-refractivity contribution is 0.0742. The molecule has 0 atom stereocenters. The Balaban J connectivity index is 2.56. The zero-order valence-electron chi connectivity index (χ0n) is 9.12. The maximum atomic E-state index is 5.76. The normalized spacial score (nSPS) is 17.0. The fraction of sp³-hybridized carbons (Fsp3) is 0.800. The maximum Gasteiger partial charge on any atom is 0.504 e. The van der Waals surface area contributed by atoms with Crippen LogP contribution in [0.5, 0.6) is 0 Å². The van der Waals surface area contributed by atoms with Crippen LogP contribution in [0.3, 0.4) is 0 Å². The first-order valence-corrected chi connectivity index (χ1v) is 7.12. The minimum atomic E-state index is -2.35. The highest BCUT2D eigenvalue weighted by molar-refractivity contribution is 6.63. The van der Waals surface area contributed by atoms with E-state index in [1.165, 1.54) is 12.8 Å². The fourth-order valence-corrected chi connectivity index (χ4v) is 4.48. The van der Waals surface area contributed by atoms with Crippen LogP contribution < -0.4 is 0 Å². The van der Waals surface area contributed by atoms with Gasteiger partial charge in [0.1, 0.15) is 0 Å².